The molecule has 0 spiro atoms. The molecule has 0 saturated heterocycles. The van der Waals surface area contributed by atoms with Gasteiger partial charge in [0.2, 0.25) is 10.0 Å². The molecule has 0 amide bonds. The first-order chi connectivity index (χ1) is 9.30. The van der Waals surface area contributed by atoms with E-state index in [9.17, 15) is 17.2 Å². The monoisotopic (exact) mass is 326 g/mol. The summed E-state index contributed by atoms with van der Waals surface area (Å²) in [6.07, 6.45) is -1.74. The summed E-state index contributed by atoms with van der Waals surface area (Å²) in [4.78, 5) is 0.825. The molecule has 0 fully saturated rings. The number of halogens is 2. The maximum Gasteiger partial charge on any atom is 0.252 e. The molecule has 1 rings (SSSR count). The first-order valence-electron chi connectivity index (χ1n) is 6.32. The van der Waals surface area contributed by atoms with Gasteiger partial charge in [-0.2, -0.15) is 4.31 Å². The van der Waals surface area contributed by atoms with Gasteiger partial charge in [0.25, 0.3) is 6.43 Å². The van der Waals surface area contributed by atoms with Crippen molar-refractivity contribution < 1.29 is 17.2 Å². The van der Waals surface area contributed by atoms with E-state index >= 15 is 0 Å². The summed E-state index contributed by atoms with van der Waals surface area (Å²) in [6, 6.07) is 0. The van der Waals surface area contributed by atoms with Crippen molar-refractivity contribution in [1.29, 1.82) is 0 Å². The minimum atomic E-state index is -3.87. The van der Waals surface area contributed by atoms with E-state index in [1.165, 1.54) is 18.4 Å². The normalized spacial score (nSPS) is 12.6. The molecule has 1 aromatic heterocycles. The van der Waals surface area contributed by atoms with Gasteiger partial charge >= 0.3 is 0 Å². The largest absolute Gasteiger partial charge is 0.312 e. The Bertz CT molecular complexity index is 530. The number of nitrogens with zero attached hydrogens (tertiary/aromatic N) is 1. The second kappa shape index (κ2) is 7.44. The Hall–Kier alpha value is -0.570. The fraction of sp³-hybridized carbons (Fsp3) is 0.667. The van der Waals surface area contributed by atoms with Crippen molar-refractivity contribution in [2.45, 2.75) is 38.1 Å². The third-order valence-corrected chi connectivity index (χ3v) is 6.05. The number of sulfonamides is 1. The van der Waals surface area contributed by atoms with E-state index < -0.39 is 23.0 Å². The predicted octanol–water partition coefficient (Wildman–Crippen LogP) is 2.44. The number of thiophene rings is 1. The lowest BCUT2D eigenvalue weighted by Crippen LogP contribution is -2.32. The zero-order chi connectivity index (χ0) is 15.3. The molecule has 1 N–H and O–H groups in total. The quantitative estimate of drug-likeness (QED) is 0.747. The topological polar surface area (TPSA) is 49.4 Å². The van der Waals surface area contributed by atoms with Crippen molar-refractivity contribution in [2.24, 2.45) is 0 Å². The molecule has 0 aliphatic heterocycles. The number of hydrogen-bond donors (Lipinski definition) is 1. The van der Waals surface area contributed by atoms with Gasteiger partial charge in [0.15, 0.2) is 0 Å². The molecule has 0 saturated carbocycles. The van der Waals surface area contributed by atoms with Crippen LogP contribution in [0.4, 0.5) is 8.78 Å². The molecule has 1 aromatic rings. The van der Waals surface area contributed by atoms with Crippen molar-refractivity contribution in [3.8, 4) is 0 Å². The second-order valence-corrected chi connectivity index (χ2v) is 7.47. The highest BCUT2D eigenvalue weighted by Crippen LogP contribution is 2.29. The second-order valence-electron chi connectivity index (χ2n) is 4.52. The first-order valence-corrected chi connectivity index (χ1v) is 8.64. The minimum absolute atomic E-state index is 0.161. The van der Waals surface area contributed by atoms with Gasteiger partial charge in [-0.15, -0.1) is 11.3 Å². The highest BCUT2D eigenvalue weighted by Gasteiger charge is 2.28. The molecule has 116 valence electrons. The van der Waals surface area contributed by atoms with Gasteiger partial charge < -0.3 is 5.32 Å². The van der Waals surface area contributed by atoms with Crippen LogP contribution in [0.3, 0.4) is 0 Å². The number of rotatable bonds is 8. The molecule has 0 aliphatic carbocycles. The summed E-state index contributed by atoms with van der Waals surface area (Å²) < 4.78 is 50.2. The van der Waals surface area contributed by atoms with Crippen LogP contribution in [0.2, 0.25) is 0 Å². The molecule has 20 heavy (non-hydrogen) atoms. The molecule has 0 unspecified atom stereocenters. The zero-order valence-corrected chi connectivity index (χ0v) is 13.5. The van der Waals surface area contributed by atoms with Crippen molar-refractivity contribution in [3.63, 3.8) is 0 Å². The summed E-state index contributed by atoms with van der Waals surface area (Å²) in [6.45, 7) is 4.12. The van der Waals surface area contributed by atoms with Crippen LogP contribution in [0.1, 0.15) is 23.8 Å². The third-order valence-electron chi connectivity index (χ3n) is 2.77. The van der Waals surface area contributed by atoms with Gasteiger partial charge in [-0.05, 0) is 30.8 Å². The zero-order valence-electron chi connectivity index (χ0n) is 11.8. The molecule has 0 radical (unpaired) electrons. The average molecular weight is 326 g/mol. The van der Waals surface area contributed by atoms with E-state index in [-0.39, 0.29) is 4.90 Å². The molecular weight excluding hydrogens is 306 g/mol. The van der Waals surface area contributed by atoms with E-state index in [2.05, 4.69) is 5.32 Å². The lowest BCUT2D eigenvalue weighted by atomic mass is 10.3. The van der Waals surface area contributed by atoms with Crippen LogP contribution in [0, 0.1) is 6.92 Å². The van der Waals surface area contributed by atoms with E-state index in [4.69, 9.17) is 0 Å². The lowest BCUT2D eigenvalue weighted by Gasteiger charge is -2.18. The van der Waals surface area contributed by atoms with Gasteiger partial charge in [-0.25, -0.2) is 17.2 Å². The predicted molar refractivity (Wildman–Crippen MR) is 76.9 cm³/mol. The fourth-order valence-corrected chi connectivity index (χ4v) is 4.65. The van der Waals surface area contributed by atoms with Crippen molar-refractivity contribution in [3.05, 3.63) is 15.8 Å². The molecule has 1 heterocycles. The van der Waals surface area contributed by atoms with Crippen LogP contribution in [0.15, 0.2) is 10.3 Å². The van der Waals surface area contributed by atoms with Gasteiger partial charge in [-0.1, -0.05) is 6.92 Å². The van der Waals surface area contributed by atoms with Gasteiger partial charge in [-0.3, -0.25) is 0 Å². The number of hydrogen-bond acceptors (Lipinski definition) is 4. The van der Waals surface area contributed by atoms with Crippen molar-refractivity contribution >= 4 is 21.4 Å². The van der Waals surface area contributed by atoms with E-state index in [0.717, 1.165) is 17.3 Å². The smallest absolute Gasteiger partial charge is 0.252 e. The summed E-state index contributed by atoms with van der Waals surface area (Å²) in [5.74, 6) is 0. The van der Waals surface area contributed by atoms with E-state index in [1.807, 2.05) is 6.92 Å². The van der Waals surface area contributed by atoms with Crippen LogP contribution < -0.4 is 5.32 Å². The Balaban J connectivity index is 3.01. The van der Waals surface area contributed by atoms with Crippen LogP contribution in [0.5, 0.6) is 0 Å². The minimum Gasteiger partial charge on any atom is -0.312 e. The van der Waals surface area contributed by atoms with E-state index in [1.54, 1.807) is 12.3 Å². The first kappa shape index (κ1) is 17.5. The highest BCUT2D eigenvalue weighted by molar-refractivity contribution is 7.89. The lowest BCUT2D eigenvalue weighted by molar-refractivity contribution is 0.126. The Morgan fingerprint density at radius 1 is 1.45 bits per heavy atom. The Morgan fingerprint density at radius 3 is 2.65 bits per heavy atom. The SMILES string of the molecule is CCCNCc1scc(C)c1S(=O)(=O)N(C)CC(F)F. The van der Waals surface area contributed by atoms with Crippen molar-refractivity contribution in [1.82, 2.24) is 9.62 Å². The number of alkyl halides is 2. The number of nitrogens with one attached hydrogen (secondary N) is 1. The maximum absolute atomic E-state index is 12.4. The summed E-state index contributed by atoms with van der Waals surface area (Å²) >= 11 is 1.33. The van der Waals surface area contributed by atoms with Crippen molar-refractivity contribution in [2.75, 3.05) is 20.1 Å². The fourth-order valence-electron chi connectivity index (χ4n) is 1.78. The van der Waals surface area contributed by atoms with Crippen LogP contribution in [-0.4, -0.2) is 39.3 Å². The van der Waals surface area contributed by atoms with Crippen LogP contribution in [-0.2, 0) is 16.6 Å². The van der Waals surface area contributed by atoms with E-state index in [0.29, 0.717) is 17.0 Å². The standard InChI is InChI=1S/C12H20F2N2O2S2/c1-4-5-15-6-10-12(9(2)8-19-10)20(17,18)16(3)7-11(13)14/h8,11,15H,4-7H2,1-3H3. The summed E-state index contributed by atoms with van der Waals surface area (Å²) in [5, 5.41) is 4.88. The maximum atomic E-state index is 12.4. The highest BCUT2D eigenvalue weighted by atomic mass is 32.2. The molecule has 0 bridgehead atoms. The summed E-state index contributed by atoms with van der Waals surface area (Å²) in [7, 11) is -2.68. The average Bonchev–Trinajstić information content (AvgIpc) is 2.70. The summed E-state index contributed by atoms with van der Waals surface area (Å²) in [5.41, 5.74) is 0.601. The van der Waals surface area contributed by atoms with Crippen LogP contribution in [0.25, 0.3) is 0 Å². The molecule has 0 aromatic carbocycles. The van der Waals surface area contributed by atoms with Gasteiger partial charge in [0.05, 0.1) is 6.54 Å². The van der Waals surface area contributed by atoms with Crippen LogP contribution >= 0.6 is 11.3 Å². The molecule has 0 aliphatic rings. The number of aryl methyl sites for hydroxylation is 1. The molecule has 8 heteroatoms. The van der Waals surface area contributed by atoms with Gasteiger partial charge in [0.1, 0.15) is 4.90 Å². The molecular formula is C12H20F2N2O2S2. The Labute approximate surface area is 122 Å². The molecule has 4 nitrogen and oxygen atoms in total. The molecule has 0 atom stereocenters. The van der Waals surface area contributed by atoms with Gasteiger partial charge in [0, 0.05) is 18.5 Å². The third kappa shape index (κ3) is 4.21. The Morgan fingerprint density at radius 2 is 2.10 bits per heavy atom. The Kier molecular flexibility index (Phi) is 6.50.